The van der Waals surface area contributed by atoms with Crippen molar-refractivity contribution in [2.75, 3.05) is 24.6 Å². The van der Waals surface area contributed by atoms with E-state index in [0.717, 1.165) is 37.9 Å². The monoisotopic (exact) mass is 253 g/mol. The summed E-state index contributed by atoms with van der Waals surface area (Å²) in [5, 5.41) is 10.7. The zero-order valence-corrected chi connectivity index (χ0v) is 11.4. The molecule has 1 fully saturated rings. The van der Waals surface area contributed by atoms with Crippen LogP contribution in [0.3, 0.4) is 0 Å². The second-order valence-electron chi connectivity index (χ2n) is 5.01. The van der Waals surface area contributed by atoms with E-state index in [0.29, 0.717) is 18.7 Å². The first kappa shape index (κ1) is 13.3. The molecular weight excluding hydrogens is 230 g/mol. The molecule has 2 N–H and O–H groups in total. The van der Waals surface area contributed by atoms with Crippen molar-refractivity contribution in [3.63, 3.8) is 0 Å². The molecule has 1 aromatic rings. The van der Waals surface area contributed by atoms with Crippen LogP contribution in [0.1, 0.15) is 33.0 Å². The minimum atomic E-state index is 0.465. The number of nitrogens with zero attached hydrogens (tertiary/aromatic N) is 3. The number of piperazine rings is 1. The summed E-state index contributed by atoms with van der Waals surface area (Å²) in [5.41, 5.74) is 0. The van der Waals surface area contributed by atoms with Gasteiger partial charge >= 0.3 is 0 Å². The molecule has 1 aliphatic rings. The fourth-order valence-corrected chi connectivity index (χ4v) is 2.29. The van der Waals surface area contributed by atoms with Crippen molar-refractivity contribution in [1.82, 2.24) is 20.5 Å². The van der Waals surface area contributed by atoms with Gasteiger partial charge in [-0.25, -0.2) is 0 Å². The summed E-state index contributed by atoms with van der Waals surface area (Å²) in [6, 6.07) is 0.930. The molecule has 1 aliphatic heterocycles. The third-order valence-electron chi connectivity index (χ3n) is 2.95. The van der Waals surface area contributed by atoms with Crippen LogP contribution in [-0.2, 0) is 11.3 Å². The lowest BCUT2D eigenvalue weighted by molar-refractivity contribution is 0.116. The van der Waals surface area contributed by atoms with Crippen molar-refractivity contribution in [1.29, 1.82) is 0 Å². The molecular formula is C12H23N5O. The fourth-order valence-electron chi connectivity index (χ4n) is 2.29. The summed E-state index contributed by atoms with van der Waals surface area (Å²) >= 11 is 0. The lowest BCUT2D eigenvalue weighted by Crippen LogP contribution is -2.54. The van der Waals surface area contributed by atoms with Gasteiger partial charge in [0.1, 0.15) is 6.61 Å². The van der Waals surface area contributed by atoms with E-state index in [2.05, 4.69) is 46.2 Å². The Balaban J connectivity index is 1.92. The van der Waals surface area contributed by atoms with Crippen LogP contribution in [-0.4, -0.2) is 47.0 Å². The van der Waals surface area contributed by atoms with E-state index in [4.69, 9.17) is 4.74 Å². The third-order valence-corrected chi connectivity index (χ3v) is 2.95. The molecule has 0 bridgehead atoms. The van der Waals surface area contributed by atoms with E-state index in [9.17, 15) is 0 Å². The molecule has 6 heteroatoms. The molecule has 1 aromatic heterocycles. The zero-order chi connectivity index (χ0) is 13.0. The minimum absolute atomic E-state index is 0.465. The number of hydrogen-bond acceptors (Lipinski definition) is 5. The van der Waals surface area contributed by atoms with Gasteiger partial charge in [0.2, 0.25) is 5.95 Å². The fraction of sp³-hybridized carbons (Fsp3) is 0.833. The summed E-state index contributed by atoms with van der Waals surface area (Å²) < 4.78 is 5.45. The summed E-state index contributed by atoms with van der Waals surface area (Å²) in [7, 11) is 0. The van der Waals surface area contributed by atoms with Crippen molar-refractivity contribution >= 4 is 5.95 Å². The summed E-state index contributed by atoms with van der Waals surface area (Å²) in [4.78, 5) is 6.70. The first-order valence-corrected chi connectivity index (χ1v) is 6.69. The maximum absolute atomic E-state index is 5.45. The molecule has 0 aliphatic carbocycles. The maximum Gasteiger partial charge on any atom is 0.244 e. The second kappa shape index (κ2) is 6.15. The lowest BCUT2D eigenvalue weighted by atomic mass is 10.1. The molecule has 2 unspecified atom stereocenters. The SMILES string of the molecule is CCCOCc1nc(N2CC(C)NC(C)C2)n[nH]1. The molecule has 2 rings (SSSR count). The molecule has 0 spiro atoms. The smallest absolute Gasteiger partial charge is 0.244 e. The van der Waals surface area contributed by atoms with Crippen LogP contribution in [0, 0.1) is 0 Å². The molecule has 2 heterocycles. The number of nitrogens with one attached hydrogen (secondary N) is 2. The molecule has 18 heavy (non-hydrogen) atoms. The Kier molecular flexibility index (Phi) is 4.54. The Morgan fingerprint density at radius 2 is 2.06 bits per heavy atom. The number of aromatic amines is 1. The molecule has 0 saturated carbocycles. The van der Waals surface area contributed by atoms with E-state index in [1.807, 2.05) is 0 Å². The summed E-state index contributed by atoms with van der Waals surface area (Å²) in [5.74, 6) is 1.59. The molecule has 2 atom stereocenters. The van der Waals surface area contributed by atoms with Crippen LogP contribution in [0.2, 0.25) is 0 Å². The highest BCUT2D eigenvalue weighted by molar-refractivity contribution is 5.30. The van der Waals surface area contributed by atoms with Gasteiger partial charge in [-0.15, -0.1) is 5.10 Å². The van der Waals surface area contributed by atoms with Crippen molar-refractivity contribution in [2.24, 2.45) is 0 Å². The van der Waals surface area contributed by atoms with Crippen LogP contribution in [0.15, 0.2) is 0 Å². The Bertz CT molecular complexity index is 357. The first-order valence-electron chi connectivity index (χ1n) is 6.69. The van der Waals surface area contributed by atoms with Crippen molar-refractivity contribution < 1.29 is 4.74 Å². The van der Waals surface area contributed by atoms with E-state index in [1.54, 1.807) is 0 Å². The maximum atomic E-state index is 5.45. The Labute approximate surface area is 108 Å². The second-order valence-corrected chi connectivity index (χ2v) is 5.01. The van der Waals surface area contributed by atoms with Gasteiger partial charge in [-0.1, -0.05) is 6.92 Å². The highest BCUT2D eigenvalue weighted by Crippen LogP contribution is 2.12. The largest absolute Gasteiger partial charge is 0.373 e. The highest BCUT2D eigenvalue weighted by Gasteiger charge is 2.23. The van der Waals surface area contributed by atoms with Gasteiger partial charge in [-0.2, -0.15) is 4.98 Å². The lowest BCUT2D eigenvalue weighted by Gasteiger charge is -2.35. The molecule has 0 radical (unpaired) electrons. The number of hydrogen-bond donors (Lipinski definition) is 2. The number of ether oxygens (including phenoxy) is 1. The summed E-state index contributed by atoms with van der Waals surface area (Å²) in [6.07, 6.45) is 1.02. The van der Waals surface area contributed by atoms with Gasteiger partial charge in [-0.05, 0) is 20.3 Å². The predicted octanol–water partition coefficient (Wildman–Crippen LogP) is 0.918. The average molecular weight is 253 g/mol. The van der Waals surface area contributed by atoms with Gasteiger partial charge in [0.15, 0.2) is 5.82 Å². The Morgan fingerprint density at radius 1 is 1.33 bits per heavy atom. The quantitative estimate of drug-likeness (QED) is 0.764. The Morgan fingerprint density at radius 3 is 2.72 bits per heavy atom. The van der Waals surface area contributed by atoms with Gasteiger partial charge < -0.3 is 15.0 Å². The minimum Gasteiger partial charge on any atom is -0.373 e. The van der Waals surface area contributed by atoms with Crippen molar-refractivity contribution in [3.05, 3.63) is 5.82 Å². The molecule has 0 amide bonds. The van der Waals surface area contributed by atoms with Gasteiger partial charge in [0, 0.05) is 31.8 Å². The standard InChI is InChI=1S/C12H23N5O/c1-4-5-18-8-11-14-12(16-15-11)17-6-9(2)13-10(3)7-17/h9-10,13H,4-8H2,1-3H3,(H,14,15,16). The van der Waals surface area contributed by atoms with Crippen LogP contribution in [0.25, 0.3) is 0 Å². The number of anilines is 1. The highest BCUT2D eigenvalue weighted by atomic mass is 16.5. The zero-order valence-electron chi connectivity index (χ0n) is 11.4. The van der Waals surface area contributed by atoms with Crippen LogP contribution in [0.5, 0.6) is 0 Å². The van der Waals surface area contributed by atoms with Crippen molar-refractivity contribution in [2.45, 2.75) is 45.9 Å². The van der Waals surface area contributed by atoms with Crippen LogP contribution < -0.4 is 10.2 Å². The van der Waals surface area contributed by atoms with Crippen LogP contribution >= 0.6 is 0 Å². The topological polar surface area (TPSA) is 66.1 Å². The molecule has 0 aromatic carbocycles. The third kappa shape index (κ3) is 3.43. The van der Waals surface area contributed by atoms with Gasteiger partial charge in [0.05, 0.1) is 0 Å². The van der Waals surface area contributed by atoms with Gasteiger partial charge in [0.25, 0.3) is 0 Å². The molecule has 1 saturated heterocycles. The van der Waals surface area contributed by atoms with E-state index in [-0.39, 0.29) is 0 Å². The van der Waals surface area contributed by atoms with Gasteiger partial charge in [-0.3, -0.25) is 5.10 Å². The Hall–Kier alpha value is -1.14. The van der Waals surface area contributed by atoms with Crippen molar-refractivity contribution in [3.8, 4) is 0 Å². The van der Waals surface area contributed by atoms with Crippen LogP contribution in [0.4, 0.5) is 5.95 Å². The van der Waals surface area contributed by atoms with E-state index >= 15 is 0 Å². The predicted molar refractivity (Wildman–Crippen MR) is 70.6 cm³/mol. The normalized spacial score (nSPS) is 24.5. The molecule has 102 valence electrons. The molecule has 6 nitrogen and oxygen atoms in total. The number of aromatic nitrogens is 3. The van der Waals surface area contributed by atoms with E-state index < -0.39 is 0 Å². The number of H-pyrrole nitrogens is 1. The van der Waals surface area contributed by atoms with E-state index in [1.165, 1.54) is 0 Å². The average Bonchev–Trinajstić information content (AvgIpc) is 2.77. The number of rotatable bonds is 5. The summed E-state index contributed by atoms with van der Waals surface area (Å²) in [6.45, 7) is 9.61. The first-order chi connectivity index (χ1) is 8.69.